The van der Waals surface area contributed by atoms with Crippen molar-refractivity contribution in [3.8, 4) is 0 Å². The standard InChI is InChI=1S/C13H19N5O/c1-9(2)7-18-12(10(3)5-15-18)16-13(19)11-6-14-8-17(11)4/h5-6,8-9H,7H2,1-4H3,(H,16,19). The molecule has 0 bridgehead atoms. The maximum absolute atomic E-state index is 12.2. The summed E-state index contributed by atoms with van der Waals surface area (Å²) in [7, 11) is 1.79. The summed E-state index contributed by atoms with van der Waals surface area (Å²) >= 11 is 0. The Labute approximate surface area is 112 Å². The fourth-order valence-electron chi connectivity index (χ4n) is 1.87. The highest BCUT2D eigenvalue weighted by molar-refractivity contribution is 6.02. The summed E-state index contributed by atoms with van der Waals surface area (Å²) in [6.07, 6.45) is 4.92. The van der Waals surface area contributed by atoms with Crippen LogP contribution in [0.25, 0.3) is 0 Å². The van der Waals surface area contributed by atoms with Crippen LogP contribution >= 0.6 is 0 Å². The van der Waals surface area contributed by atoms with Gasteiger partial charge in [-0.1, -0.05) is 13.8 Å². The second-order valence-electron chi connectivity index (χ2n) is 5.10. The van der Waals surface area contributed by atoms with Crippen molar-refractivity contribution in [3.63, 3.8) is 0 Å². The number of aryl methyl sites for hydroxylation is 2. The van der Waals surface area contributed by atoms with Gasteiger partial charge < -0.3 is 9.88 Å². The third kappa shape index (κ3) is 2.83. The van der Waals surface area contributed by atoms with Gasteiger partial charge in [-0.05, 0) is 12.8 Å². The average Bonchev–Trinajstić information content (AvgIpc) is 2.89. The number of hydrogen-bond acceptors (Lipinski definition) is 3. The van der Waals surface area contributed by atoms with Crippen LogP contribution in [0.4, 0.5) is 5.82 Å². The van der Waals surface area contributed by atoms with Crippen molar-refractivity contribution < 1.29 is 4.79 Å². The number of nitrogens with one attached hydrogen (secondary N) is 1. The first kappa shape index (κ1) is 13.3. The molecule has 0 radical (unpaired) electrons. The van der Waals surface area contributed by atoms with E-state index in [0.717, 1.165) is 17.9 Å². The Bertz CT molecular complexity index is 582. The third-order valence-corrected chi connectivity index (χ3v) is 2.84. The van der Waals surface area contributed by atoms with Crippen LogP contribution in [0.2, 0.25) is 0 Å². The lowest BCUT2D eigenvalue weighted by Gasteiger charge is -2.12. The summed E-state index contributed by atoms with van der Waals surface area (Å²) in [5.74, 6) is 1.04. The Kier molecular flexibility index (Phi) is 3.69. The summed E-state index contributed by atoms with van der Waals surface area (Å²) in [4.78, 5) is 16.1. The van der Waals surface area contributed by atoms with Gasteiger partial charge in [-0.15, -0.1) is 0 Å². The smallest absolute Gasteiger partial charge is 0.275 e. The quantitative estimate of drug-likeness (QED) is 0.913. The zero-order valence-electron chi connectivity index (χ0n) is 11.7. The topological polar surface area (TPSA) is 64.7 Å². The molecule has 6 heteroatoms. The minimum atomic E-state index is -0.173. The molecule has 0 spiro atoms. The minimum absolute atomic E-state index is 0.173. The van der Waals surface area contributed by atoms with E-state index in [-0.39, 0.29) is 5.91 Å². The van der Waals surface area contributed by atoms with E-state index in [9.17, 15) is 4.79 Å². The van der Waals surface area contributed by atoms with Crippen molar-refractivity contribution in [2.45, 2.75) is 27.3 Å². The molecule has 0 aromatic carbocycles. The van der Waals surface area contributed by atoms with E-state index in [0.29, 0.717) is 11.6 Å². The van der Waals surface area contributed by atoms with Gasteiger partial charge in [0.1, 0.15) is 11.5 Å². The molecule has 1 N–H and O–H groups in total. The number of imidazole rings is 1. The molecule has 2 aromatic rings. The Morgan fingerprint density at radius 1 is 1.42 bits per heavy atom. The van der Waals surface area contributed by atoms with Crippen molar-refractivity contribution in [3.05, 3.63) is 30.0 Å². The molecule has 102 valence electrons. The Morgan fingerprint density at radius 3 is 2.74 bits per heavy atom. The normalized spacial score (nSPS) is 11.0. The first-order chi connectivity index (χ1) is 8.99. The second-order valence-corrected chi connectivity index (χ2v) is 5.10. The maximum atomic E-state index is 12.2. The Hall–Kier alpha value is -2.11. The molecule has 1 amide bonds. The van der Waals surface area contributed by atoms with E-state index in [2.05, 4.69) is 29.2 Å². The van der Waals surface area contributed by atoms with E-state index >= 15 is 0 Å². The SMILES string of the molecule is Cc1cnn(CC(C)C)c1NC(=O)c1cncn1C. The molecule has 6 nitrogen and oxygen atoms in total. The number of rotatable bonds is 4. The fraction of sp³-hybridized carbons (Fsp3) is 0.462. The van der Waals surface area contributed by atoms with Crippen LogP contribution in [0.15, 0.2) is 18.7 Å². The number of aromatic nitrogens is 4. The van der Waals surface area contributed by atoms with Crippen LogP contribution in [0.1, 0.15) is 29.9 Å². The van der Waals surface area contributed by atoms with Gasteiger partial charge in [0.25, 0.3) is 5.91 Å². The summed E-state index contributed by atoms with van der Waals surface area (Å²) in [6, 6.07) is 0. The lowest BCUT2D eigenvalue weighted by molar-refractivity contribution is 0.101. The largest absolute Gasteiger partial charge is 0.330 e. The van der Waals surface area contributed by atoms with E-state index in [1.165, 1.54) is 0 Å². The van der Waals surface area contributed by atoms with Crippen LogP contribution in [0, 0.1) is 12.8 Å². The highest BCUT2D eigenvalue weighted by atomic mass is 16.2. The van der Waals surface area contributed by atoms with Crippen molar-refractivity contribution >= 4 is 11.7 Å². The molecule has 0 saturated carbocycles. The molecule has 0 atom stereocenters. The summed E-state index contributed by atoms with van der Waals surface area (Å²) in [5.41, 5.74) is 1.48. The zero-order chi connectivity index (χ0) is 14.0. The molecular formula is C13H19N5O. The van der Waals surface area contributed by atoms with Gasteiger partial charge >= 0.3 is 0 Å². The molecule has 0 fully saturated rings. The maximum Gasteiger partial charge on any atom is 0.275 e. The summed E-state index contributed by atoms with van der Waals surface area (Å²) in [6.45, 7) is 6.94. The summed E-state index contributed by atoms with van der Waals surface area (Å²) < 4.78 is 3.52. The Balaban J connectivity index is 2.21. The van der Waals surface area contributed by atoms with E-state index in [1.54, 1.807) is 30.3 Å². The van der Waals surface area contributed by atoms with Gasteiger partial charge in [-0.25, -0.2) is 9.67 Å². The minimum Gasteiger partial charge on any atom is -0.330 e. The molecule has 19 heavy (non-hydrogen) atoms. The van der Waals surface area contributed by atoms with Gasteiger partial charge in [0, 0.05) is 19.2 Å². The Morgan fingerprint density at radius 2 is 2.16 bits per heavy atom. The van der Waals surface area contributed by atoms with E-state index in [1.807, 2.05) is 11.6 Å². The number of anilines is 1. The number of nitrogens with zero attached hydrogens (tertiary/aromatic N) is 4. The van der Waals surface area contributed by atoms with Crippen LogP contribution in [0.3, 0.4) is 0 Å². The molecule has 0 aliphatic rings. The van der Waals surface area contributed by atoms with Gasteiger partial charge in [0.2, 0.25) is 0 Å². The van der Waals surface area contributed by atoms with Crippen LogP contribution in [-0.4, -0.2) is 25.2 Å². The molecule has 0 aliphatic heterocycles. The van der Waals surface area contributed by atoms with Crippen LogP contribution in [0.5, 0.6) is 0 Å². The number of amides is 1. The predicted octanol–water partition coefficient (Wildman–Crippen LogP) is 1.83. The van der Waals surface area contributed by atoms with Crippen LogP contribution in [-0.2, 0) is 13.6 Å². The fourth-order valence-corrected chi connectivity index (χ4v) is 1.87. The van der Waals surface area contributed by atoms with Crippen molar-refractivity contribution in [1.82, 2.24) is 19.3 Å². The summed E-state index contributed by atoms with van der Waals surface area (Å²) in [5, 5.41) is 7.20. The van der Waals surface area contributed by atoms with Crippen molar-refractivity contribution in [1.29, 1.82) is 0 Å². The average molecular weight is 261 g/mol. The molecule has 2 aromatic heterocycles. The van der Waals surface area contributed by atoms with E-state index in [4.69, 9.17) is 0 Å². The number of hydrogen-bond donors (Lipinski definition) is 1. The second kappa shape index (κ2) is 5.26. The van der Waals surface area contributed by atoms with Crippen molar-refractivity contribution in [2.75, 3.05) is 5.32 Å². The third-order valence-electron chi connectivity index (χ3n) is 2.84. The predicted molar refractivity (Wildman–Crippen MR) is 73.0 cm³/mol. The molecule has 2 heterocycles. The van der Waals surface area contributed by atoms with Crippen molar-refractivity contribution in [2.24, 2.45) is 13.0 Å². The molecule has 0 saturated heterocycles. The first-order valence-electron chi connectivity index (χ1n) is 6.29. The monoisotopic (exact) mass is 261 g/mol. The zero-order valence-corrected chi connectivity index (χ0v) is 11.7. The highest BCUT2D eigenvalue weighted by Gasteiger charge is 2.15. The lowest BCUT2D eigenvalue weighted by Crippen LogP contribution is -2.19. The first-order valence-corrected chi connectivity index (χ1v) is 6.29. The van der Waals surface area contributed by atoms with Gasteiger partial charge in [-0.2, -0.15) is 5.10 Å². The van der Waals surface area contributed by atoms with Gasteiger partial charge in [0.15, 0.2) is 0 Å². The number of carbonyl (C=O) groups excluding carboxylic acids is 1. The molecule has 2 rings (SSSR count). The highest BCUT2D eigenvalue weighted by Crippen LogP contribution is 2.16. The molecule has 0 unspecified atom stereocenters. The van der Waals surface area contributed by atoms with Gasteiger partial charge in [-0.3, -0.25) is 4.79 Å². The van der Waals surface area contributed by atoms with Crippen LogP contribution < -0.4 is 5.32 Å². The number of carbonyl (C=O) groups is 1. The van der Waals surface area contributed by atoms with Gasteiger partial charge in [0.05, 0.1) is 18.7 Å². The lowest BCUT2D eigenvalue weighted by atomic mass is 10.2. The molecule has 0 aliphatic carbocycles. The molecular weight excluding hydrogens is 242 g/mol. The van der Waals surface area contributed by atoms with E-state index < -0.39 is 0 Å².